The smallest absolute Gasteiger partial charge is 0.229 e. The molecule has 0 unspecified atom stereocenters. The second-order valence-electron chi connectivity index (χ2n) is 5.27. The summed E-state index contributed by atoms with van der Waals surface area (Å²) in [6, 6.07) is 7.55. The summed E-state index contributed by atoms with van der Waals surface area (Å²) in [4.78, 5) is 28.9. The summed E-state index contributed by atoms with van der Waals surface area (Å²) in [6.45, 7) is 1.44. The second kappa shape index (κ2) is 10.5. The van der Waals surface area contributed by atoms with Gasteiger partial charge in [-0.3, -0.25) is 19.5 Å². The van der Waals surface area contributed by atoms with Gasteiger partial charge in [-0.15, -0.1) is 24.0 Å². The number of aliphatic imine (C=N–C) groups is 1. The fourth-order valence-electron chi connectivity index (χ4n) is 2.34. The summed E-state index contributed by atoms with van der Waals surface area (Å²) >= 11 is 5.85. The summed E-state index contributed by atoms with van der Waals surface area (Å²) in [5.41, 5.74) is 1.08. The highest BCUT2D eigenvalue weighted by Gasteiger charge is 2.25. The van der Waals surface area contributed by atoms with Crippen LogP contribution in [0, 0.1) is 0 Å². The van der Waals surface area contributed by atoms with Gasteiger partial charge in [0.05, 0.1) is 0 Å². The maximum absolute atomic E-state index is 11.7. The molecule has 1 heterocycles. The summed E-state index contributed by atoms with van der Waals surface area (Å²) in [6.07, 6.45) is 1.57. The molecule has 0 aromatic heterocycles. The van der Waals surface area contributed by atoms with Gasteiger partial charge in [0.15, 0.2) is 5.96 Å². The van der Waals surface area contributed by atoms with Crippen molar-refractivity contribution in [1.82, 2.24) is 15.5 Å². The van der Waals surface area contributed by atoms with Crippen LogP contribution in [0.4, 0.5) is 0 Å². The molecular formula is C16H22ClIN4O2. The molecule has 2 rings (SSSR count). The summed E-state index contributed by atoms with van der Waals surface area (Å²) in [5.74, 6) is 0.441. The molecule has 1 aliphatic rings. The number of carbonyl (C=O) groups is 2. The number of hydrogen-bond donors (Lipinski definition) is 2. The van der Waals surface area contributed by atoms with Crippen LogP contribution in [0.2, 0.25) is 5.02 Å². The number of guanidine groups is 1. The first-order valence-corrected chi connectivity index (χ1v) is 8.00. The number of likely N-dealkylation sites (tertiary alicyclic amines) is 1. The van der Waals surface area contributed by atoms with E-state index in [1.807, 2.05) is 24.3 Å². The molecule has 1 saturated heterocycles. The van der Waals surface area contributed by atoms with Crippen molar-refractivity contribution in [2.75, 3.05) is 20.1 Å². The average molecular weight is 465 g/mol. The Labute approximate surface area is 164 Å². The Kier molecular flexibility index (Phi) is 9.05. The minimum atomic E-state index is -0.0906. The summed E-state index contributed by atoms with van der Waals surface area (Å²) < 4.78 is 0. The van der Waals surface area contributed by atoms with E-state index < -0.39 is 0 Å². The number of halogens is 2. The van der Waals surface area contributed by atoms with Gasteiger partial charge in [0, 0.05) is 44.5 Å². The quantitative estimate of drug-likeness (QED) is 0.303. The summed E-state index contributed by atoms with van der Waals surface area (Å²) in [5, 5.41) is 6.98. The van der Waals surface area contributed by atoms with Gasteiger partial charge >= 0.3 is 0 Å². The normalized spacial score (nSPS) is 15.1. The highest BCUT2D eigenvalue weighted by Crippen LogP contribution is 2.11. The Morgan fingerprint density at radius 2 is 1.79 bits per heavy atom. The Balaban J connectivity index is 0.00000288. The number of amides is 2. The van der Waals surface area contributed by atoms with Crippen molar-refractivity contribution in [3.05, 3.63) is 34.9 Å². The SMILES string of the molecule is CN=C(NCCN1C(=O)CCCC1=O)NCc1ccc(Cl)cc1.I. The first-order chi connectivity index (χ1) is 11.1. The lowest BCUT2D eigenvalue weighted by molar-refractivity contribution is -0.147. The third kappa shape index (κ3) is 6.27. The van der Waals surface area contributed by atoms with E-state index in [2.05, 4.69) is 15.6 Å². The Morgan fingerprint density at radius 1 is 1.17 bits per heavy atom. The third-order valence-corrected chi connectivity index (χ3v) is 3.86. The van der Waals surface area contributed by atoms with E-state index in [-0.39, 0.29) is 35.8 Å². The van der Waals surface area contributed by atoms with Gasteiger partial charge in [0.1, 0.15) is 0 Å². The van der Waals surface area contributed by atoms with Crippen molar-refractivity contribution in [1.29, 1.82) is 0 Å². The van der Waals surface area contributed by atoms with E-state index in [0.717, 1.165) is 5.56 Å². The number of piperidine rings is 1. The molecule has 0 spiro atoms. The van der Waals surface area contributed by atoms with Gasteiger partial charge in [-0.25, -0.2) is 0 Å². The van der Waals surface area contributed by atoms with E-state index in [0.29, 0.717) is 49.9 Å². The van der Waals surface area contributed by atoms with Crippen LogP contribution < -0.4 is 10.6 Å². The van der Waals surface area contributed by atoms with Gasteiger partial charge in [0.2, 0.25) is 11.8 Å². The third-order valence-electron chi connectivity index (χ3n) is 3.61. The first-order valence-electron chi connectivity index (χ1n) is 7.62. The van der Waals surface area contributed by atoms with Gasteiger partial charge in [-0.1, -0.05) is 23.7 Å². The molecule has 0 bridgehead atoms. The second-order valence-corrected chi connectivity index (χ2v) is 5.71. The van der Waals surface area contributed by atoms with E-state index in [1.54, 1.807) is 7.05 Å². The van der Waals surface area contributed by atoms with Crippen molar-refractivity contribution in [2.45, 2.75) is 25.8 Å². The molecule has 0 radical (unpaired) electrons. The zero-order chi connectivity index (χ0) is 16.7. The molecule has 24 heavy (non-hydrogen) atoms. The number of rotatable bonds is 5. The van der Waals surface area contributed by atoms with E-state index in [1.165, 1.54) is 4.90 Å². The molecule has 132 valence electrons. The molecule has 0 atom stereocenters. The molecular weight excluding hydrogens is 443 g/mol. The van der Waals surface area contributed by atoms with Crippen LogP contribution in [-0.2, 0) is 16.1 Å². The predicted molar refractivity (Wildman–Crippen MR) is 106 cm³/mol. The number of hydrogen-bond acceptors (Lipinski definition) is 3. The van der Waals surface area contributed by atoms with Crippen LogP contribution >= 0.6 is 35.6 Å². The van der Waals surface area contributed by atoms with Crippen molar-refractivity contribution in [3.8, 4) is 0 Å². The monoisotopic (exact) mass is 464 g/mol. The van der Waals surface area contributed by atoms with Crippen molar-refractivity contribution in [2.24, 2.45) is 4.99 Å². The Bertz CT molecular complexity index is 576. The van der Waals surface area contributed by atoms with Crippen LogP contribution in [0.1, 0.15) is 24.8 Å². The number of carbonyl (C=O) groups excluding carboxylic acids is 2. The fourth-order valence-corrected chi connectivity index (χ4v) is 2.47. The average Bonchev–Trinajstić information content (AvgIpc) is 2.54. The Hall–Kier alpha value is -1.35. The first kappa shape index (κ1) is 20.7. The van der Waals surface area contributed by atoms with Gasteiger partial charge in [0.25, 0.3) is 0 Å². The molecule has 1 aromatic rings. The molecule has 1 aromatic carbocycles. The van der Waals surface area contributed by atoms with Gasteiger partial charge in [-0.05, 0) is 24.1 Å². The number of imide groups is 1. The predicted octanol–water partition coefficient (Wildman–Crippen LogP) is 2.16. The molecule has 1 fully saturated rings. The highest BCUT2D eigenvalue weighted by molar-refractivity contribution is 14.0. The standard InChI is InChI=1S/C16H21ClN4O2.HI/c1-18-16(20-11-12-5-7-13(17)8-6-12)19-9-10-21-14(22)3-2-4-15(21)23;/h5-8H,2-4,9-11H2,1H3,(H2,18,19,20);1H. The molecule has 2 N–H and O–H groups in total. The molecule has 6 nitrogen and oxygen atoms in total. The Morgan fingerprint density at radius 3 is 2.38 bits per heavy atom. The zero-order valence-electron chi connectivity index (χ0n) is 13.5. The fraction of sp³-hybridized carbons (Fsp3) is 0.438. The largest absolute Gasteiger partial charge is 0.355 e. The van der Waals surface area contributed by atoms with Crippen molar-refractivity contribution < 1.29 is 9.59 Å². The topological polar surface area (TPSA) is 73.8 Å². The van der Waals surface area contributed by atoms with Crippen LogP contribution in [-0.4, -0.2) is 42.8 Å². The van der Waals surface area contributed by atoms with Gasteiger partial charge < -0.3 is 10.6 Å². The minimum absolute atomic E-state index is 0. The van der Waals surface area contributed by atoms with Crippen LogP contribution in [0.5, 0.6) is 0 Å². The molecule has 1 aliphatic heterocycles. The maximum Gasteiger partial charge on any atom is 0.229 e. The lowest BCUT2D eigenvalue weighted by atomic mass is 10.1. The van der Waals surface area contributed by atoms with E-state index in [9.17, 15) is 9.59 Å². The van der Waals surface area contributed by atoms with E-state index >= 15 is 0 Å². The molecule has 0 saturated carbocycles. The number of nitrogens with zero attached hydrogens (tertiary/aromatic N) is 2. The number of nitrogens with one attached hydrogen (secondary N) is 2. The molecule has 2 amide bonds. The maximum atomic E-state index is 11.7. The van der Waals surface area contributed by atoms with Crippen LogP contribution in [0.15, 0.2) is 29.3 Å². The molecule has 8 heteroatoms. The van der Waals surface area contributed by atoms with Gasteiger partial charge in [-0.2, -0.15) is 0 Å². The van der Waals surface area contributed by atoms with Crippen molar-refractivity contribution >= 4 is 53.4 Å². The van der Waals surface area contributed by atoms with Crippen molar-refractivity contribution in [3.63, 3.8) is 0 Å². The van der Waals surface area contributed by atoms with Crippen LogP contribution in [0.3, 0.4) is 0 Å². The minimum Gasteiger partial charge on any atom is -0.355 e. The number of benzene rings is 1. The summed E-state index contributed by atoms with van der Waals surface area (Å²) in [7, 11) is 1.67. The molecule has 0 aliphatic carbocycles. The van der Waals surface area contributed by atoms with Crippen LogP contribution in [0.25, 0.3) is 0 Å². The van der Waals surface area contributed by atoms with E-state index in [4.69, 9.17) is 11.6 Å². The zero-order valence-corrected chi connectivity index (χ0v) is 16.6. The lowest BCUT2D eigenvalue weighted by Gasteiger charge is -2.25. The lowest BCUT2D eigenvalue weighted by Crippen LogP contribution is -2.46. The highest BCUT2D eigenvalue weighted by atomic mass is 127.